The van der Waals surface area contributed by atoms with E-state index in [1.165, 1.54) is 0 Å². The van der Waals surface area contributed by atoms with E-state index in [1.54, 1.807) is 23.8 Å². The minimum Gasteiger partial charge on any atom is -0.496 e. The lowest BCUT2D eigenvalue weighted by atomic mass is 10.2. The zero-order valence-corrected chi connectivity index (χ0v) is 16.5. The molecule has 1 heterocycles. The van der Waals surface area contributed by atoms with E-state index >= 15 is 0 Å². The maximum atomic E-state index is 11.7. The standard InChI is InChI=1S/C21H30N4O2/c1-4-22-21(24(2)17-18-11-5-6-12-19(18)27-3)23-14-8-10-16-25-15-9-7-13-20(25)26/h5-7,9,11-13,15H,4,8,10,14,16-17H2,1-3H3,(H,22,23). The van der Waals surface area contributed by atoms with E-state index in [0.29, 0.717) is 0 Å². The largest absolute Gasteiger partial charge is 0.496 e. The Morgan fingerprint density at radius 2 is 1.96 bits per heavy atom. The fourth-order valence-electron chi connectivity index (χ4n) is 2.86. The second kappa shape index (κ2) is 11.1. The van der Waals surface area contributed by atoms with E-state index in [2.05, 4.69) is 23.2 Å². The predicted octanol–water partition coefficient (Wildman–Crippen LogP) is 2.73. The first kappa shape index (κ1) is 20.6. The van der Waals surface area contributed by atoms with Crippen LogP contribution in [-0.4, -0.2) is 42.7 Å². The van der Waals surface area contributed by atoms with E-state index in [4.69, 9.17) is 9.73 Å². The number of nitrogens with one attached hydrogen (secondary N) is 1. The third-order valence-corrected chi connectivity index (χ3v) is 4.26. The molecule has 0 bridgehead atoms. The van der Waals surface area contributed by atoms with Crippen molar-refractivity contribution in [3.63, 3.8) is 0 Å². The average molecular weight is 370 g/mol. The van der Waals surface area contributed by atoms with Crippen molar-refractivity contribution in [1.29, 1.82) is 0 Å². The van der Waals surface area contributed by atoms with Crippen LogP contribution < -0.4 is 15.6 Å². The Labute approximate surface area is 161 Å². The molecule has 0 aliphatic heterocycles. The number of unbranched alkanes of at least 4 members (excludes halogenated alkanes) is 1. The summed E-state index contributed by atoms with van der Waals surface area (Å²) < 4.78 is 7.17. The highest BCUT2D eigenvalue weighted by molar-refractivity contribution is 5.79. The lowest BCUT2D eigenvalue weighted by molar-refractivity contribution is 0.396. The third kappa shape index (κ3) is 6.47. The summed E-state index contributed by atoms with van der Waals surface area (Å²) in [6, 6.07) is 13.3. The van der Waals surface area contributed by atoms with Gasteiger partial charge in [0, 0.05) is 51.1 Å². The molecule has 1 N–H and O–H groups in total. The van der Waals surface area contributed by atoms with E-state index in [0.717, 1.165) is 56.3 Å². The van der Waals surface area contributed by atoms with Crippen LogP contribution in [0.2, 0.25) is 0 Å². The maximum absolute atomic E-state index is 11.7. The number of methoxy groups -OCH3 is 1. The quantitative estimate of drug-likeness (QED) is 0.419. The number of rotatable bonds is 9. The van der Waals surface area contributed by atoms with Crippen LogP contribution in [-0.2, 0) is 13.1 Å². The second-order valence-electron chi connectivity index (χ2n) is 6.34. The number of hydrogen-bond acceptors (Lipinski definition) is 3. The number of aryl methyl sites for hydroxylation is 1. The van der Waals surface area contributed by atoms with Crippen LogP contribution >= 0.6 is 0 Å². The summed E-state index contributed by atoms with van der Waals surface area (Å²) in [5.74, 6) is 1.76. The summed E-state index contributed by atoms with van der Waals surface area (Å²) in [6.07, 6.45) is 3.68. The number of para-hydroxylation sites is 1. The lowest BCUT2D eigenvalue weighted by Gasteiger charge is -2.23. The third-order valence-electron chi connectivity index (χ3n) is 4.26. The molecule has 0 aliphatic carbocycles. The van der Waals surface area contributed by atoms with Crippen LogP contribution in [0, 0.1) is 0 Å². The minimum absolute atomic E-state index is 0.0471. The summed E-state index contributed by atoms with van der Waals surface area (Å²) in [4.78, 5) is 18.5. The summed E-state index contributed by atoms with van der Waals surface area (Å²) in [7, 11) is 3.72. The molecule has 27 heavy (non-hydrogen) atoms. The smallest absolute Gasteiger partial charge is 0.250 e. The van der Waals surface area contributed by atoms with Crippen molar-refractivity contribution in [2.45, 2.75) is 32.9 Å². The molecule has 1 aromatic heterocycles. The number of nitrogens with zero attached hydrogens (tertiary/aromatic N) is 3. The molecule has 6 heteroatoms. The number of hydrogen-bond donors (Lipinski definition) is 1. The lowest BCUT2D eigenvalue weighted by Crippen LogP contribution is -2.38. The topological polar surface area (TPSA) is 58.9 Å². The zero-order valence-electron chi connectivity index (χ0n) is 16.5. The van der Waals surface area contributed by atoms with Gasteiger partial charge in [0.05, 0.1) is 7.11 Å². The summed E-state index contributed by atoms with van der Waals surface area (Å²) >= 11 is 0. The van der Waals surface area contributed by atoms with Crippen molar-refractivity contribution in [2.75, 3.05) is 27.2 Å². The first-order valence-corrected chi connectivity index (χ1v) is 9.42. The Morgan fingerprint density at radius 3 is 2.70 bits per heavy atom. The Morgan fingerprint density at radius 1 is 1.19 bits per heavy atom. The number of ether oxygens (including phenoxy) is 1. The molecule has 1 aromatic carbocycles. The van der Waals surface area contributed by atoms with Gasteiger partial charge >= 0.3 is 0 Å². The monoisotopic (exact) mass is 370 g/mol. The fourth-order valence-corrected chi connectivity index (χ4v) is 2.86. The molecule has 0 unspecified atom stereocenters. The van der Waals surface area contributed by atoms with Gasteiger partial charge in [-0.2, -0.15) is 0 Å². The SMILES string of the molecule is CCNC(=NCCCCn1ccccc1=O)N(C)Cc1ccccc1OC. The molecule has 0 radical (unpaired) electrons. The van der Waals surface area contributed by atoms with Gasteiger partial charge in [-0.05, 0) is 31.9 Å². The molecule has 2 rings (SSSR count). The van der Waals surface area contributed by atoms with Gasteiger partial charge in [0.25, 0.3) is 0 Å². The predicted molar refractivity (Wildman–Crippen MR) is 110 cm³/mol. The molecule has 0 fully saturated rings. The molecule has 146 valence electrons. The molecule has 0 saturated carbocycles. The first-order valence-electron chi connectivity index (χ1n) is 9.42. The van der Waals surface area contributed by atoms with Crippen LogP contribution in [0.15, 0.2) is 58.4 Å². The zero-order chi connectivity index (χ0) is 19.5. The van der Waals surface area contributed by atoms with Gasteiger partial charge in [-0.1, -0.05) is 24.3 Å². The Hall–Kier alpha value is -2.76. The highest BCUT2D eigenvalue weighted by Gasteiger charge is 2.09. The molecular weight excluding hydrogens is 340 g/mol. The Kier molecular flexibility index (Phi) is 8.42. The average Bonchev–Trinajstić information content (AvgIpc) is 2.68. The summed E-state index contributed by atoms with van der Waals surface area (Å²) in [6.45, 7) is 5.04. The van der Waals surface area contributed by atoms with Crippen molar-refractivity contribution in [3.8, 4) is 5.75 Å². The van der Waals surface area contributed by atoms with Crippen LogP contribution in [0.5, 0.6) is 5.75 Å². The van der Waals surface area contributed by atoms with Gasteiger partial charge in [0.15, 0.2) is 5.96 Å². The first-order chi connectivity index (χ1) is 13.2. The highest BCUT2D eigenvalue weighted by Crippen LogP contribution is 2.18. The molecule has 0 spiro atoms. The van der Waals surface area contributed by atoms with E-state index in [9.17, 15) is 4.79 Å². The van der Waals surface area contributed by atoms with Gasteiger partial charge in [0.2, 0.25) is 5.56 Å². The number of benzene rings is 1. The van der Waals surface area contributed by atoms with Crippen LogP contribution in [0.3, 0.4) is 0 Å². The van der Waals surface area contributed by atoms with Crippen molar-refractivity contribution in [2.24, 2.45) is 4.99 Å². The number of guanidine groups is 1. The molecule has 0 atom stereocenters. The Bertz CT molecular complexity index is 786. The van der Waals surface area contributed by atoms with Crippen LogP contribution in [0.4, 0.5) is 0 Å². The highest BCUT2D eigenvalue weighted by atomic mass is 16.5. The van der Waals surface area contributed by atoms with Gasteiger partial charge in [0.1, 0.15) is 5.75 Å². The molecular formula is C21H30N4O2. The van der Waals surface area contributed by atoms with Crippen molar-refractivity contribution < 1.29 is 4.74 Å². The van der Waals surface area contributed by atoms with Gasteiger partial charge in [-0.15, -0.1) is 0 Å². The van der Waals surface area contributed by atoms with Crippen molar-refractivity contribution >= 4 is 5.96 Å². The molecule has 6 nitrogen and oxygen atoms in total. The molecule has 2 aromatic rings. The van der Waals surface area contributed by atoms with E-state index < -0.39 is 0 Å². The normalized spacial score (nSPS) is 11.3. The van der Waals surface area contributed by atoms with Gasteiger partial charge < -0.3 is 19.5 Å². The van der Waals surface area contributed by atoms with Gasteiger partial charge in [-0.25, -0.2) is 0 Å². The molecule has 0 amide bonds. The molecule has 0 aliphatic rings. The van der Waals surface area contributed by atoms with Crippen molar-refractivity contribution in [1.82, 2.24) is 14.8 Å². The molecule has 0 saturated heterocycles. The van der Waals surface area contributed by atoms with Crippen molar-refractivity contribution in [3.05, 3.63) is 64.6 Å². The van der Waals surface area contributed by atoms with Crippen LogP contribution in [0.25, 0.3) is 0 Å². The number of pyridine rings is 1. The van der Waals surface area contributed by atoms with Gasteiger partial charge in [-0.3, -0.25) is 9.79 Å². The fraction of sp³-hybridized carbons (Fsp3) is 0.429. The second-order valence-corrected chi connectivity index (χ2v) is 6.34. The summed E-state index contributed by atoms with van der Waals surface area (Å²) in [5.41, 5.74) is 1.17. The minimum atomic E-state index is 0.0471. The van der Waals surface area contributed by atoms with E-state index in [1.807, 2.05) is 37.5 Å². The van der Waals surface area contributed by atoms with E-state index in [-0.39, 0.29) is 5.56 Å². The maximum Gasteiger partial charge on any atom is 0.250 e. The number of aliphatic imine (C=N–C) groups is 1. The Balaban J connectivity index is 1.89. The number of aromatic nitrogens is 1. The van der Waals surface area contributed by atoms with Crippen LogP contribution in [0.1, 0.15) is 25.3 Å². The summed E-state index contributed by atoms with van der Waals surface area (Å²) in [5, 5.41) is 3.34.